The molecule has 0 saturated carbocycles. The van der Waals surface area contributed by atoms with Gasteiger partial charge in [0.1, 0.15) is 0 Å². The highest BCUT2D eigenvalue weighted by molar-refractivity contribution is 6.34. The molecule has 120 valence electrons. The molecule has 2 N–H and O–H groups in total. The van der Waals surface area contributed by atoms with E-state index in [9.17, 15) is 4.79 Å². The van der Waals surface area contributed by atoms with Gasteiger partial charge < -0.3 is 10.6 Å². The predicted octanol–water partition coefficient (Wildman–Crippen LogP) is 3.82. The van der Waals surface area contributed by atoms with Gasteiger partial charge in [-0.15, -0.1) is 0 Å². The fraction of sp³-hybridized carbons (Fsp3) is 0.316. The highest BCUT2D eigenvalue weighted by Gasteiger charge is 2.32. The van der Waals surface area contributed by atoms with Crippen molar-refractivity contribution in [3.05, 3.63) is 59.1 Å². The van der Waals surface area contributed by atoms with Crippen molar-refractivity contribution in [2.24, 2.45) is 11.7 Å². The molecule has 1 aliphatic rings. The summed E-state index contributed by atoms with van der Waals surface area (Å²) in [5, 5.41) is 0.498. The molecule has 1 amide bonds. The van der Waals surface area contributed by atoms with Gasteiger partial charge in [0, 0.05) is 12.6 Å². The zero-order valence-corrected chi connectivity index (χ0v) is 14.0. The number of hydrogen-bond donors (Lipinski definition) is 1. The van der Waals surface area contributed by atoms with Crippen molar-refractivity contribution in [2.45, 2.75) is 19.4 Å². The summed E-state index contributed by atoms with van der Waals surface area (Å²) in [6.07, 6.45) is 0.957. The minimum Gasteiger partial charge on any atom is -0.336 e. The minimum absolute atomic E-state index is 0.00349. The summed E-state index contributed by atoms with van der Waals surface area (Å²) < 4.78 is 0. The van der Waals surface area contributed by atoms with Gasteiger partial charge in [-0.25, -0.2) is 0 Å². The molecule has 0 aromatic heterocycles. The predicted molar refractivity (Wildman–Crippen MR) is 94.5 cm³/mol. The van der Waals surface area contributed by atoms with Crippen LogP contribution in [0, 0.1) is 5.92 Å². The Hall–Kier alpha value is -1.84. The van der Waals surface area contributed by atoms with Gasteiger partial charge in [-0.1, -0.05) is 48.0 Å². The lowest BCUT2D eigenvalue weighted by Crippen LogP contribution is -2.34. The highest BCUT2D eigenvalue weighted by atomic mass is 35.5. The number of halogens is 1. The van der Waals surface area contributed by atoms with E-state index in [0.717, 1.165) is 17.5 Å². The van der Waals surface area contributed by atoms with Gasteiger partial charge in [0.15, 0.2) is 0 Å². The van der Waals surface area contributed by atoms with Gasteiger partial charge in [-0.3, -0.25) is 4.79 Å². The number of hydrogen-bond acceptors (Lipinski definition) is 2. The van der Waals surface area contributed by atoms with E-state index in [1.165, 1.54) is 0 Å². The Bertz CT molecular complexity index is 702. The second-order valence-electron chi connectivity index (χ2n) is 6.20. The van der Waals surface area contributed by atoms with Crippen molar-refractivity contribution in [1.29, 1.82) is 0 Å². The third-order valence-electron chi connectivity index (χ3n) is 4.56. The van der Waals surface area contributed by atoms with Crippen LogP contribution in [0.3, 0.4) is 0 Å². The number of amides is 1. The van der Waals surface area contributed by atoms with Crippen molar-refractivity contribution >= 4 is 17.5 Å². The fourth-order valence-electron chi connectivity index (χ4n) is 3.25. The Labute approximate surface area is 142 Å². The van der Waals surface area contributed by atoms with Crippen molar-refractivity contribution < 1.29 is 4.79 Å². The Morgan fingerprint density at radius 3 is 2.61 bits per heavy atom. The van der Waals surface area contributed by atoms with Crippen molar-refractivity contribution in [1.82, 2.24) is 4.90 Å². The number of carbonyl (C=O) groups is 1. The number of benzene rings is 2. The van der Waals surface area contributed by atoms with Gasteiger partial charge in [-0.2, -0.15) is 0 Å². The van der Waals surface area contributed by atoms with Gasteiger partial charge >= 0.3 is 0 Å². The first kappa shape index (κ1) is 16.0. The molecular weight excluding hydrogens is 308 g/mol. The molecule has 3 rings (SSSR count). The second-order valence-corrected chi connectivity index (χ2v) is 6.61. The molecule has 4 heteroatoms. The maximum absolute atomic E-state index is 12.9. The Morgan fingerprint density at radius 1 is 1.22 bits per heavy atom. The molecule has 2 atom stereocenters. The normalized spacial score (nSPS) is 20.7. The van der Waals surface area contributed by atoms with Crippen LogP contribution in [-0.2, 0) is 0 Å². The average Bonchev–Trinajstić information content (AvgIpc) is 2.96. The maximum Gasteiger partial charge on any atom is 0.255 e. The molecule has 2 unspecified atom stereocenters. The van der Waals surface area contributed by atoms with E-state index in [2.05, 4.69) is 6.92 Å². The molecule has 1 fully saturated rings. The molecule has 1 saturated heterocycles. The molecule has 2 aromatic carbocycles. The lowest BCUT2D eigenvalue weighted by atomic mass is 10.0. The zero-order valence-electron chi connectivity index (χ0n) is 13.2. The van der Waals surface area contributed by atoms with E-state index < -0.39 is 0 Å². The van der Waals surface area contributed by atoms with E-state index in [0.29, 0.717) is 29.6 Å². The van der Waals surface area contributed by atoms with E-state index in [1.54, 1.807) is 6.07 Å². The summed E-state index contributed by atoms with van der Waals surface area (Å²) in [5.41, 5.74) is 8.41. The third kappa shape index (κ3) is 3.26. The lowest BCUT2D eigenvalue weighted by Gasteiger charge is -2.22. The molecule has 1 aliphatic heterocycles. The maximum atomic E-state index is 12.9. The first-order valence-corrected chi connectivity index (χ1v) is 8.34. The number of nitrogens with two attached hydrogens (primary N) is 1. The Morgan fingerprint density at radius 2 is 1.96 bits per heavy atom. The summed E-state index contributed by atoms with van der Waals surface area (Å²) in [7, 11) is 0. The summed E-state index contributed by atoms with van der Waals surface area (Å²) in [6.45, 7) is 3.40. The van der Waals surface area contributed by atoms with E-state index >= 15 is 0 Å². The van der Waals surface area contributed by atoms with Gasteiger partial charge in [0.2, 0.25) is 0 Å². The van der Waals surface area contributed by atoms with Crippen LogP contribution in [0.1, 0.15) is 23.7 Å². The summed E-state index contributed by atoms with van der Waals surface area (Å²) in [4.78, 5) is 14.8. The molecule has 0 spiro atoms. The molecule has 0 aliphatic carbocycles. The lowest BCUT2D eigenvalue weighted by molar-refractivity contribution is 0.0743. The Balaban J connectivity index is 1.92. The van der Waals surface area contributed by atoms with Crippen LogP contribution < -0.4 is 5.73 Å². The molecule has 1 heterocycles. The van der Waals surface area contributed by atoms with Crippen LogP contribution in [0.5, 0.6) is 0 Å². The SMILES string of the molecule is CC1CC(CN)CN1C(=O)c1cc(-c2ccccc2)ccc1Cl. The number of likely N-dealkylation sites (tertiary alicyclic amines) is 1. The van der Waals surface area contributed by atoms with Gasteiger partial charge in [0.25, 0.3) is 5.91 Å². The third-order valence-corrected chi connectivity index (χ3v) is 4.89. The molecule has 2 aromatic rings. The highest BCUT2D eigenvalue weighted by Crippen LogP contribution is 2.29. The van der Waals surface area contributed by atoms with Crippen molar-refractivity contribution in [2.75, 3.05) is 13.1 Å². The van der Waals surface area contributed by atoms with E-state index in [1.807, 2.05) is 47.4 Å². The summed E-state index contributed by atoms with van der Waals surface area (Å²) in [5.74, 6) is 0.376. The van der Waals surface area contributed by atoms with Gasteiger partial charge in [-0.05, 0) is 49.1 Å². The zero-order chi connectivity index (χ0) is 16.4. The van der Waals surface area contributed by atoms with Crippen LogP contribution in [0.2, 0.25) is 5.02 Å². The minimum atomic E-state index is -0.00349. The molecule has 23 heavy (non-hydrogen) atoms. The van der Waals surface area contributed by atoms with Crippen LogP contribution in [0.4, 0.5) is 0 Å². The molecule has 3 nitrogen and oxygen atoms in total. The quantitative estimate of drug-likeness (QED) is 0.931. The van der Waals surface area contributed by atoms with E-state index in [-0.39, 0.29) is 11.9 Å². The van der Waals surface area contributed by atoms with Crippen LogP contribution in [0.25, 0.3) is 11.1 Å². The molecule has 0 bridgehead atoms. The van der Waals surface area contributed by atoms with Gasteiger partial charge in [0.05, 0.1) is 10.6 Å². The molecule has 0 radical (unpaired) electrons. The summed E-state index contributed by atoms with van der Waals surface area (Å²) >= 11 is 6.30. The monoisotopic (exact) mass is 328 g/mol. The number of rotatable bonds is 3. The second kappa shape index (κ2) is 6.73. The first-order chi connectivity index (χ1) is 11.1. The largest absolute Gasteiger partial charge is 0.336 e. The average molecular weight is 329 g/mol. The van der Waals surface area contributed by atoms with Crippen molar-refractivity contribution in [3.8, 4) is 11.1 Å². The van der Waals surface area contributed by atoms with Crippen LogP contribution in [0.15, 0.2) is 48.5 Å². The Kier molecular flexibility index (Phi) is 4.69. The van der Waals surface area contributed by atoms with Crippen molar-refractivity contribution in [3.63, 3.8) is 0 Å². The van der Waals surface area contributed by atoms with Crippen LogP contribution >= 0.6 is 11.6 Å². The fourth-order valence-corrected chi connectivity index (χ4v) is 3.45. The number of carbonyl (C=O) groups excluding carboxylic acids is 1. The van der Waals surface area contributed by atoms with Crippen LogP contribution in [-0.4, -0.2) is 29.9 Å². The topological polar surface area (TPSA) is 46.3 Å². The number of nitrogens with zero attached hydrogens (tertiary/aromatic N) is 1. The summed E-state index contributed by atoms with van der Waals surface area (Å²) in [6, 6.07) is 15.9. The van der Waals surface area contributed by atoms with E-state index in [4.69, 9.17) is 17.3 Å². The standard InChI is InChI=1S/C19H21ClN2O/c1-13-9-14(11-21)12-22(13)19(23)17-10-16(7-8-18(17)20)15-5-3-2-4-6-15/h2-8,10,13-14H,9,11-12,21H2,1H3. The molecular formula is C19H21ClN2O. The smallest absolute Gasteiger partial charge is 0.255 e. The first-order valence-electron chi connectivity index (χ1n) is 7.96.